The molecule has 0 aromatic heterocycles. The van der Waals surface area contributed by atoms with E-state index in [0.717, 1.165) is 25.4 Å². The highest BCUT2D eigenvalue weighted by atomic mass is 15.1. The van der Waals surface area contributed by atoms with Crippen LogP contribution >= 0.6 is 0 Å². The minimum atomic E-state index is 0.828. The summed E-state index contributed by atoms with van der Waals surface area (Å²) in [7, 11) is 2.22. The van der Waals surface area contributed by atoms with Crippen LogP contribution < -0.4 is 11.1 Å². The number of rotatable bonds is 7. The summed E-state index contributed by atoms with van der Waals surface area (Å²) in [6.07, 6.45) is 5.11. The van der Waals surface area contributed by atoms with Crippen LogP contribution in [0.4, 0.5) is 0 Å². The van der Waals surface area contributed by atoms with E-state index in [1.807, 2.05) is 0 Å². The Balaban J connectivity index is 1.84. The quantitative estimate of drug-likeness (QED) is 0.592. The lowest BCUT2D eigenvalue weighted by atomic mass is 10.1. The average molecular weight is 199 g/mol. The molecule has 3 nitrogen and oxygen atoms in total. The summed E-state index contributed by atoms with van der Waals surface area (Å²) in [6.45, 7) is 5.74. The summed E-state index contributed by atoms with van der Waals surface area (Å²) in [5, 5.41) is 3.49. The van der Waals surface area contributed by atoms with Crippen molar-refractivity contribution in [3.8, 4) is 0 Å². The number of likely N-dealkylation sites (tertiary alicyclic amines) is 1. The zero-order valence-electron chi connectivity index (χ0n) is 9.47. The predicted molar refractivity (Wildman–Crippen MR) is 61.4 cm³/mol. The highest BCUT2D eigenvalue weighted by molar-refractivity contribution is 4.73. The highest BCUT2D eigenvalue weighted by Gasteiger charge is 2.18. The normalized spacial score (nSPS) is 23.1. The standard InChI is InChI=1S/C11H25N3/c1-14-9-5-11(10-14)4-8-13-7-3-2-6-12/h11,13H,2-10,12H2,1H3. The van der Waals surface area contributed by atoms with Gasteiger partial charge in [-0.05, 0) is 64.8 Å². The molecule has 0 aliphatic carbocycles. The van der Waals surface area contributed by atoms with Gasteiger partial charge in [0, 0.05) is 6.54 Å². The number of nitrogens with one attached hydrogen (secondary N) is 1. The summed E-state index contributed by atoms with van der Waals surface area (Å²) < 4.78 is 0. The molecule has 14 heavy (non-hydrogen) atoms. The van der Waals surface area contributed by atoms with Crippen LogP contribution in [0.5, 0.6) is 0 Å². The van der Waals surface area contributed by atoms with Gasteiger partial charge in [0.2, 0.25) is 0 Å². The van der Waals surface area contributed by atoms with E-state index in [4.69, 9.17) is 5.73 Å². The van der Waals surface area contributed by atoms with Gasteiger partial charge in [-0.25, -0.2) is 0 Å². The third kappa shape index (κ3) is 4.94. The molecular formula is C11H25N3. The van der Waals surface area contributed by atoms with E-state index < -0.39 is 0 Å². The highest BCUT2D eigenvalue weighted by Crippen LogP contribution is 2.16. The van der Waals surface area contributed by atoms with Gasteiger partial charge < -0.3 is 16.0 Å². The number of nitrogens with zero attached hydrogens (tertiary/aromatic N) is 1. The molecular weight excluding hydrogens is 174 g/mol. The van der Waals surface area contributed by atoms with Crippen LogP contribution in [0.3, 0.4) is 0 Å². The van der Waals surface area contributed by atoms with Crippen LogP contribution in [0.15, 0.2) is 0 Å². The Morgan fingerprint density at radius 2 is 2.21 bits per heavy atom. The van der Waals surface area contributed by atoms with Crippen LogP contribution in [-0.4, -0.2) is 44.7 Å². The molecule has 0 aromatic carbocycles. The lowest BCUT2D eigenvalue weighted by Crippen LogP contribution is -2.21. The Morgan fingerprint density at radius 1 is 1.36 bits per heavy atom. The van der Waals surface area contributed by atoms with Gasteiger partial charge in [0.1, 0.15) is 0 Å². The second kappa shape index (κ2) is 7.21. The maximum absolute atomic E-state index is 5.42. The Bertz CT molecular complexity index is 138. The van der Waals surface area contributed by atoms with E-state index in [-0.39, 0.29) is 0 Å². The first-order chi connectivity index (χ1) is 6.83. The first-order valence-corrected chi connectivity index (χ1v) is 5.92. The van der Waals surface area contributed by atoms with Crippen molar-refractivity contribution in [2.45, 2.75) is 25.7 Å². The Kier molecular flexibility index (Phi) is 6.15. The Morgan fingerprint density at radius 3 is 2.86 bits per heavy atom. The second-order valence-corrected chi connectivity index (χ2v) is 4.45. The van der Waals surface area contributed by atoms with Gasteiger partial charge in [0.25, 0.3) is 0 Å². The summed E-state index contributed by atoms with van der Waals surface area (Å²) in [5.74, 6) is 0.932. The van der Waals surface area contributed by atoms with Gasteiger partial charge in [0.05, 0.1) is 0 Å². The van der Waals surface area contributed by atoms with Crippen LogP contribution in [0.1, 0.15) is 25.7 Å². The van der Waals surface area contributed by atoms with Gasteiger partial charge in [-0.1, -0.05) is 0 Å². The summed E-state index contributed by atoms with van der Waals surface area (Å²) >= 11 is 0. The van der Waals surface area contributed by atoms with Crippen molar-refractivity contribution >= 4 is 0 Å². The first-order valence-electron chi connectivity index (χ1n) is 5.92. The minimum Gasteiger partial charge on any atom is -0.330 e. The first kappa shape index (κ1) is 12.0. The molecule has 0 saturated carbocycles. The molecule has 1 saturated heterocycles. The molecule has 1 aliphatic rings. The van der Waals surface area contributed by atoms with E-state index in [1.54, 1.807) is 0 Å². The van der Waals surface area contributed by atoms with E-state index in [1.165, 1.54) is 38.9 Å². The maximum Gasteiger partial charge on any atom is 0.000756 e. The zero-order valence-corrected chi connectivity index (χ0v) is 9.47. The third-order valence-corrected chi connectivity index (χ3v) is 3.03. The van der Waals surface area contributed by atoms with Gasteiger partial charge in [-0.3, -0.25) is 0 Å². The van der Waals surface area contributed by atoms with Crippen molar-refractivity contribution in [1.82, 2.24) is 10.2 Å². The second-order valence-electron chi connectivity index (χ2n) is 4.45. The molecule has 84 valence electrons. The van der Waals surface area contributed by atoms with E-state index in [0.29, 0.717) is 0 Å². The summed E-state index contributed by atoms with van der Waals surface area (Å²) in [6, 6.07) is 0. The number of hydrogen-bond acceptors (Lipinski definition) is 3. The molecule has 0 radical (unpaired) electrons. The van der Waals surface area contributed by atoms with Crippen molar-refractivity contribution in [3.63, 3.8) is 0 Å². The van der Waals surface area contributed by atoms with E-state index in [9.17, 15) is 0 Å². The van der Waals surface area contributed by atoms with Crippen molar-refractivity contribution in [2.75, 3.05) is 39.8 Å². The fraction of sp³-hybridized carbons (Fsp3) is 1.00. The molecule has 1 heterocycles. The molecule has 0 bridgehead atoms. The van der Waals surface area contributed by atoms with Gasteiger partial charge in [-0.15, -0.1) is 0 Å². The molecule has 0 aromatic rings. The molecule has 1 unspecified atom stereocenters. The zero-order chi connectivity index (χ0) is 10.2. The van der Waals surface area contributed by atoms with E-state index in [2.05, 4.69) is 17.3 Å². The van der Waals surface area contributed by atoms with Gasteiger partial charge >= 0.3 is 0 Å². The third-order valence-electron chi connectivity index (χ3n) is 3.03. The summed E-state index contributed by atoms with van der Waals surface area (Å²) in [4.78, 5) is 2.43. The Labute approximate surface area is 88.0 Å². The monoisotopic (exact) mass is 199 g/mol. The molecule has 1 atom stereocenters. The lowest BCUT2D eigenvalue weighted by Gasteiger charge is -2.10. The largest absolute Gasteiger partial charge is 0.330 e. The van der Waals surface area contributed by atoms with Crippen LogP contribution in [-0.2, 0) is 0 Å². The van der Waals surface area contributed by atoms with Crippen molar-refractivity contribution < 1.29 is 0 Å². The van der Waals surface area contributed by atoms with Gasteiger partial charge in [-0.2, -0.15) is 0 Å². The molecule has 3 heteroatoms. The van der Waals surface area contributed by atoms with Crippen molar-refractivity contribution in [2.24, 2.45) is 11.7 Å². The number of nitrogens with two attached hydrogens (primary N) is 1. The molecule has 3 N–H and O–H groups in total. The lowest BCUT2D eigenvalue weighted by molar-refractivity contribution is 0.385. The molecule has 1 aliphatic heterocycles. The fourth-order valence-corrected chi connectivity index (χ4v) is 2.09. The predicted octanol–water partition coefficient (Wildman–Crippen LogP) is 0.657. The number of hydrogen-bond donors (Lipinski definition) is 2. The molecule has 1 rings (SSSR count). The molecule has 0 spiro atoms. The van der Waals surface area contributed by atoms with Gasteiger partial charge in [0.15, 0.2) is 0 Å². The molecule has 1 fully saturated rings. The maximum atomic E-state index is 5.42. The van der Waals surface area contributed by atoms with Crippen LogP contribution in [0.25, 0.3) is 0 Å². The van der Waals surface area contributed by atoms with E-state index >= 15 is 0 Å². The number of unbranched alkanes of at least 4 members (excludes halogenated alkanes) is 1. The van der Waals surface area contributed by atoms with Crippen LogP contribution in [0.2, 0.25) is 0 Å². The SMILES string of the molecule is CN1CCC(CCNCCCCN)C1. The average Bonchev–Trinajstić information content (AvgIpc) is 2.58. The van der Waals surface area contributed by atoms with Crippen LogP contribution in [0, 0.1) is 5.92 Å². The fourth-order valence-electron chi connectivity index (χ4n) is 2.09. The smallest absolute Gasteiger partial charge is 0.000756 e. The van der Waals surface area contributed by atoms with Crippen molar-refractivity contribution in [1.29, 1.82) is 0 Å². The van der Waals surface area contributed by atoms with Crippen molar-refractivity contribution in [3.05, 3.63) is 0 Å². The summed E-state index contributed by atoms with van der Waals surface area (Å²) in [5.41, 5.74) is 5.42. The molecule has 0 amide bonds. The topological polar surface area (TPSA) is 41.3 Å². The Hall–Kier alpha value is -0.120. The minimum absolute atomic E-state index is 0.828.